The second kappa shape index (κ2) is 4.95. The summed E-state index contributed by atoms with van der Waals surface area (Å²) in [6.45, 7) is 1.73. The highest BCUT2D eigenvalue weighted by atomic mass is 19.1. The lowest BCUT2D eigenvalue weighted by Crippen LogP contribution is -2.32. The number of benzene rings is 1. The van der Waals surface area contributed by atoms with Gasteiger partial charge in [0.1, 0.15) is 11.5 Å². The van der Waals surface area contributed by atoms with E-state index in [4.69, 9.17) is 0 Å². The van der Waals surface area contributed by atoms with Crippen LogP contribution in [0.3, 0.4) is 0 Å². The van der Waals surface area contributed by atoms with Crippen LogP contribution < -0.4 is 10.7 Å². The van der Waals surface area contributed by atoms with Gasteiger partial charge in [-0.15, -0.1) is 0 Å². The molecule has 18 heavy (non-hydrogen) atoms. The Morgan fingerprint density at radius 1 is 1.39 bits per heavy atom. The van der Waals surface area contributed by atoms with E-state index in [0.717, 1.165) is 0 Å². The van der Waals surface area contributed by atoms with Crippen LogP contribution in [0, 0.1) is 12.7 Å². The van der Waals surface area contributed by atoms with E-state index in [-0.39, 0.29) is 24.5 Å². The predicted octanol–water partition coefficient (Wildman–Crippen LogP) is 1.34. The van der Waals surface area contributed by atoms with Gasteiger partial charge < -0.3 is 5.32 Å². The van der Waals surface area contributed by atoms with Crippen LogP contribution in [-0.4, -0.2) is 17.5 Å². The Morgan fingerprint density at radius 2 is 2.17 bits per heavy atom. The molecule has 0 radical (unpaired) electrons. The van der Waals surface area contributed by atoms with Crippen molar-refractivity contribution in [1.29, 1.82) is 0 Å². The highest BCUT2D eigenvalue weighted by molar-refractivity contribution is 6.43. The molecule has 0 spiro atoms. The van der Waals surface area contributed by atoms with Gasteiger partial charge in [-0.1, -0.05) is 0 Å². The van der Waals surface area contributed by atoms with Gasteiger partial charge in [-0.3, -0.25) is 9.59 Å². The summed E-state index contributed by atoms with van der Waals surface area (Å²) in [6, 6.07) is 4.25. The van der Waals surface area contributed by atoms with E-state index >= 15 is 0 Å². The number of hydrazone groups is 1. The van der Waals surface area contributed by atoms with Gasteiger partial charge in [-0.2, -0.15) is 5.10 Å². The first-order valence-corrected chi connectivity index (χ1v) is 5.48. The summed E-state index contributed by atoms with van der Waals surface area (Å²) in [4.78, 5) is 22.7. The lowest BCUT2D eigenvalue weighted by Gasteiger charge is -2.12. The summed E-state index contributed by atoms with van der Waals surface area (Å²) in [5.74, 6) is -1.06. The monoisotopic (exact) mass is 249 g/mol. The van der Waals surface area contributed by atoms with Gasteiger partial charge in [0.25, 0.3) is 5.91 Å². The molecule has 1 heterocycles. The van der Waals surface area contributed by atoms with E-state index in [0.29, 0.717) is 11.3 Å². The third-order valence-corrected chi connectivity index (χ3v) is 2.47. The van der Waals surface area contributed by atoms with Crippen molar-refractivity contribution < 1.29 is 14.0 Å². The van der Waals surface area contributed by atoms with E-state index in [1.807, 2.05) is 0 Å². The molecule has 2 N–H and O–H groups in total. The molecule has 2 rings (SSSR count). The summed E-state index contributed by atoms with van der Waals surface area (Å²) >= 11 is 0. The number of anilines is 1. The van der Waals surface area contributed by atoms with Crippen molar-refractivity contribution in [2.75, 3.05) is 5.32 Å². The molecule has 0 saturated heterocycles. The fourth-order valence-corrected chi connectivity index (χ4v) is 1.65. The number of halogens is 1. The predicted molar refractivity (Wildman–Crippen MR) is 64.6 cm³/mol. The van der Waals surface area contributed by atoms with E-state index in [1.165, 1.54) is 12.1 Å². The van der Waals surface area contributed by atoms with Crippen molar-refractivity contribution in [2.45, 2.75) is 19.8 Å². The lowest BCUT2D eigenvalue weighted by molar-refractivity contribution is -0.121. The molecule has 6 heteroatoms. The number of carbonyl (C=O) groups is 2. The smallest absolute Gasteiger partial charge is 0.271 e. The molecule has 0 aromatic heterocycles. The molecular formula is C12H12FN3O2. The van der Waals surface area contributed by atoms with Crippen LogP contribution in [0.5, 0.6) is 0 Å². The van der Waals surface area contributed by atoms with E-state index < -0.39 is 11.7 Å². The van der Waals surface area contributed by atoms with Crippen molar-refractivity contribution in [3.05, 3.63) is 29.6 Å². The van der Waals surface area contributed by atoms with Gasteiger partial charge in [-0.05, 0) is 30.7 Å². The zero-order chi connectivity index (χ0) is 13.1. The fourth-order valence-electron chi connectivity index (χ4n) is 1.65. The van der Waals surface area contributed by atoms with E-state index in [9.17, 15) is 14.0 Å². The standard InChI is InChI=1S/C12H12FN3O2/c1-7-4-8(13)6-9(5-7)14-12(18)10-2-3-11(17)16-15-10/h4-6H,2-3H2,1H3,(H,14,18)(H,16,17). The Labute approximate surface area is 103 Å². The molecule has 0 atom stereocenters. The maximum absolute atomic E-state index is 13.1. The summed E-state index contributed by atoms with van der Waals surface area (Å²) in [6.07, 6.45) is 0.514. The molecule has 0 bridgehead atoms. The molecule has 1 aliphatic rings. The molecule has 1 aromatic rings. The van der Waals surface area contributed by atoms with Crippen LogP contribution in [0.25, 0.3) is 0 Å². The Bertz CT molecular complexity index is 520. The maximum atomic E-state index is 13.1. The minimum atomic E-state index is -0.431. The molecule has 5 nitrogen and oxygen atoms in total. The Morgan fingerprint density at radius 3 is 2.78 bits per heavy atom. The van der Waals surface area contributed by atoms with Crippen LogP contribution >= 0.6 is 0 Å². The van der Waals surface area contributed by atoms with Crippen LogP contribution in [0.4, 0.5) is 10.1 Å². The average Bonchev–Trinajstić information content (AvgIpc) is 2.28. The van der Waals surface area contributed by atoms with Crippen LogP contribution in [0.15, 0.2) is 23.3 Å². The number of hydrogen-bond donors (Lipinski definition) is 2. The largest absolute Gasteiger partial charge is 0.321 e. The SMILES string of the molecule is Cc1cc(F)cc(NC(=O)C2=NNC(=O)CC2)c1. The summed E-state index contributed by atoms with van der Waals surface area (Å²) in [7, 11) is 0. The lowest BCUT2D eigenvalue weighted by atomic mass is 10.1. The summed E-state index contributed by atoms with van der Waals surface area (Å²) in [5.41, 5.74) is 3.55. The Hall–Kier alpha value is -2.24. The fraction of sp³-hybridized carbons (Fsp3) is 0.250. The molecule has 2 amide bonds. The van der Waals surface area contributed by atoms with Gasteiger partial charge in [0.05, 0.1) is 0 Å². The molecule has 0 unspecified atom stereocenters. The van der Waals surface area contributed by atoms with Gasteiger partial charge in [-0.25, -0.2) is 9.82 Å². The van der Waals surface area contributed by atoms with Crippen molar-refractivity contribution in [3.8, 4) is 0 Å². The number of aryl methyl sites for hydroxylation is 1. The molecule has 1 aromatic carbocycles. The average molecular weight is 249 g/mol. The number of nitrogens with one attached hydrogen (secondary N) is 2. The van der Waals surface area contributed by atoms with Crippen LogP contribution in [-0.2, 0) is 9.59 Å². The number of rotatable bonds is 2. The molecule has 94 valence electrons. The van der Waals surface area contributed by atoms with Crippen molar-refractivity contribution >= 4 is 23.2 Å². The molecule has 0 aliphatic carbocycles. The molecule has 0 fully saturated rings. The topological polar surface area (TPSA) is 70.6 Å². The number of nitrogens with zero attached hydrogens (tertiary/aromatic N) is 1. The number of hydrogen-bond acceptors (Lipinski definition) is 3. The van der Waals surface area contributed by atoms with Crippen molar-refractivity contribution in [1.82, 2.24) is 5.43 Å². The van der Waals surface area contributed by atoms with Gasteiger partial charge in [0, 0.05) is 18.5 Å². The molecular weight excluding hydrogens is 237 g/mol. The zero-order valence-corrected chi connectivity index (χ0v) is 9.79. The minimum Gasteiger partial charge on any atom is -0.321 e. The number of carbonyl (C=O) groups excluding carboxylic acids is 2. The van der Waals surface area contributed by atoms with Crippen LogP contribution in [0.1, 0.15) is 18.4 Å². The van der Waals surface area contributed by atoms with Crippen molar-refractivity contribution in [2.24, 2.45) is 5.10 Å². The van der Waals surface area contributed by atoms with Crippen LogP contribution in [0.2, 0.25) is 0 Å². The second-order valence-corrected chi connectivity index (χ2v) is 4.06. The number of amides is 2. The second-order valence-electron chi connectivity index (χ2n) is 4.06. The first-order chi connectivity index (χ1) is 8.54. The first kappa shape index (κ1) is 12.2. The highest BCUT2D eigenvalue weighted by Crippen LogP contribution is 2.14. The highest BCUT2D eigenvalue weighted by Gasteiger charge is 2.18. The van der Waals surface area contributed by atoms with Gasteiger partial charge in [0.2, 0.25) is 5.91 Å². The minimum absolute atomic E-state index is 0.215. The summed E-state index contributed by atoms with van der Waals surface area (Å²) < 4.78 is 13.1. The molecule has 1 aliphatic heterocycles. The van der Waals surface area contributed by atoms with E-state index in [1.54, 1.807) is 13.0 Å². The van der Waals surface area contributed by atoms with E-state index in [2.05, 4.69) is 15.8 Å². The van der Waals surface area contributed by atoms with Gasteiger partial charge in [0.15, 0.2) is 0 Å². The zero-order valence-electron chi connectivity index (χ0n) is 9.79. The van der Waals surface area contributed by atoms with Gasteiger partial charge >= 0.3 is 0 Å². The maximum Gasteiger partial charge on any atom is 0.271 e. The van der Waals surface area contributed by atoms with Crippen molar-refractivity contribution in [3.63, 3.8) is 0 Å². The Balaban J connectivity index is 2.09. The Kier molecular flexibility index (Phi) is 3.36. The normalized spacial score (nSPS) is 14.8. The first-order valence-electron chi connectivity index (χ1n) is 5.48. The quantitative estimate of drug-likeness (QED) is 0.830. The molecule has 0 saturated carbocycles. The third-order valence-electron chi connectivity index (χ3n) is 2.47. The third kappa shape index (κ3) is 2.91. The summed E-state index contributed by atoms with van der Waals surface area (Å²) in [5, 5.41) is 6.21.